The number of urea groups is 1. The van der Waals surface area contributed by atoms with E-state index in [1.54, 1.807) is 6.92 Å². The number of aliphatic hydroxyl groups is 1. The summed E-state index contributed by atoms with van der Waals surface area (Å²) < 4.78 is 0. The topological polar surface area (TPSA) is 64.6 Å². The van der Waals surface area contributed by atoms with Crippen LogP contribution in [0.5, 0.6) is 0 Å². The molecule has 2 atom stereocenters. The summed E-state index contributed by atoms with van der Waals surface area (Å²) in [6, 6.07) is 8.60. The van der Waals surface area contributed by atoms with Crippen LogP contribution in [0.1, 0.15) is 45.6 Å². The highest BCUT2D eigenvalue weighted by Gasteiger charge is 2.24. The molecule has 0 saturated carbocycles. The highest BCUT2D eigenvalue weighted by atomic mass is 16.3. The summed E-state index contributed by atoms with van der Waals surface area (Å²) in [5, 5.41) is 15.6. The second-order valence-corrected chi connectivity index (χ2v) is 8.17. The first-order chi connectivity index (χ1) is 11.7. The predicted octanol–water partition coefficient (Wildman–Crippen LogP) is 3.06. The molecule has 2 rings (SSSR count). The molecule has 0 spiro atoms. The van der Waals surface area contributed by atoms with Crippen LogP contribution in [-0.2, 0) is 0 Å². The molecule has 2 amide bonds. The van der Waals surface area contributed by atoms with Crippen molar-refractivity contribution in [2.24, 2.45) is 5.41 Å². The lowest BCUT2D eigenvalue weighted by Crippen LogP contribution is -2.51. The van der Waals surface area contributed by atoms with Crippen molar-refractivity contribution in [2.75, 3.05) is 24.5 Å². The molecule has 0 bridgehead atoms. The number of anilines is 1. The normalized spacial score (nSPS) is 19.4. The minimum atomic E-state index is -0.360. The van der Waals surface area contributed by atoms with E-state index in [9.17, 15) is 9.90 Å². The Morgan fingerprint density at radius 1 is 1.36 bits per heavy atom. The molecule has 1 aliphatic rings. The zero-order valence-electron chi connectivity index (χ0n) is 16.0. The SMILES string of the molecule is Cc1ccc(N2CCCC(NC(=O)NCC(C)(C)CC(C)O)C2)cc1. The number of carbonyl (C=O) groups excluding carboxylic acids is 1. The average Bonchev–Trinajstić information content (AvgIpc) is 2.53. The molecule has 1 fully saturated rings. The number of hydrogen-bond donors (Lipinski definition) is 3. The number of piperidine rings is 1. The first kappa shape index (κ1) is 19.6. The summed E-state index contributed by atoms with van der Waals surface area (Å²) in [5.41, 5.74) is 2.36. The minimum absolute atomic E-state index is 0.116. The first-order valence-electron chi connectivity index (χ1n) is 9.29. The average molecular weight is 348 g/mol. The third-order valence-corrected chi connectivity index (χ3v) is 4.73. The van der Waals surface area contributed by atoms with Gasteiger partial charge in [0.05, 0.1) is 6.10 Å². The summed E-state index contributed by atoms with van der Waals surface area (Å²) in [7, 11) is 0. The van der Waals surface area contributed by atoms with Crippen LogP contribution in [0.4, 0.5) is 10.5 Å². The van der Waals surface area contributed by atoms with Gasteiger partial charge in [-0.15, -0.1) is 0 Å². The number of nitrogens with one attached hydrogen (secondary N) is 2. The molecule has 5 heteroatoms. The van der Waals surface area contributed by atoms with Crippen molar-refractivity contribution in [3.05, 3.63) is 29.8 Å². The maximum absolute atomic E-state index is 12.2. The Morgan fingerprint density at radius 3 is 2.68 bits per heavy atom. The largest absolute Gasteiger partial charge is 0.393 e. The Hall–Kier alpha value is -1.75. The van der Waals surface area contributed by atoms with Crippen LogP contribution in [0.25, 0.3) is 0 Å². The van der Waals surface area contributed by atoms with E-state index in [1.807, 2.05) is 0 Å². The Kier molecular flexibility index (Phi) is 6.71. The molecule has 5 nitrogen and oxygen atoms in total. The van der Waals surface area contributed by atoms with Gasteiger partial charge in [0.15, 0.2) is 0 Å². The van der Waals surface area contributed by atoms with Gasteiger partial charge >= 0.3 is 6.03 Å². The molecule has 0 radical (unpaired) electrons. The minimum Gasteiger partial charge on any atom is -0.393 e. The van der Waals surface area contributed by atoms with Gasteiger partial charge in [0, 0.05) is 31.4 Å². The van der Waals surface area contributed by atoms with Crippen LogP contribution in [-0.4, -0.2) is 42.9 Å². The Balaban J connectivity index is 1.81. The molecule has 25 heavy (non-hydrogen) atoms. The highest BCUT2D eigenvalue weighted by Crippen LogP contribution is 2.22. The van der Waals surface area contributed by atoms with Crippen molar-refractivity contribution in [2.45, 2.75) is 59.1 Å². The fourth-order valence-corrected chi connectivity index (χ4v) is 3.51. The molecule has 1 aliphatic heterocycles. The summed E-state index contributed by atoms with van der Waals surface area (Å²) in [6.07, 6.45) is 2.39. The third-order valence-electron chi connectivity index (χ3n) is 4.73. The van der Waals surface area contributed by atoms with Crippen molar-refractivity contribution in [3.63, 3.8) is 0 Å². The first-order valence-corrected chi connectivity index (χ1v) is 9.29. The lowest BCUT2D eigenvalue weighted by molar-refractivity contribution is 0.128. The molecule has 1 aromatic rings. The molecule has 2 unspecified atom stereocenters. The number of benzene rings is 1. The summed E-state index contributed by atoms with van der Waals surface area (Å²) in [4.78, 5) is 14.6. The number of nitrogens with zero attached hydrogens (tertiary/aromatic N) is 1. The van der Waals surface area contributed by atoms with E-state index in [-0.39, 0.29) is 23.6 Å². The van der Waals surface area contributed by atoms with Crippen molar-refractivity contribution in [1.29, 1.82) is 0 Å². The van der Waals surface area contributed by atoms with Gasteiger partial charge in [-0.3, -0.25) is 0 Å². The van der Waals surface area contributed by atoms with Gasteiger partial charge in [-0.1, -0.05) is 31.5 Å². The molecule has 1 aromatic carbocycles. The fraction of sp³-hybridized carbons (Fsp3) is 0.650. The van der Waals surface area contributed by atoms with Crippen LogP contribution < -0.4 is 15.5 Å². The molecule has 0 aliphatic carbocycles. The van der Waals surface area contributed by atoms with Crippen LogP contribution in [0.15, 0.2) is 24.3 Å². The summed E-state index contributed by atoms with van der Waals surface area (Å²) in [6.45, 7) is 10.4. The van der Waals surface area contributed by atoms with Crippen LogP contribution >= 0.6 is 0 Å². The molecule has 1 saturated heterocycles. The number of carbonyl (C=O) groups is 1. The number of rotatable bonds is 6. The summed E-state index contributed by atoms with van der Waals surface area (Å²) >= 11 is 0. The molecule has 3 N–H and O–H groups in total. The zero-order chi connectivity index (χ0) is 18.4. The maximum Gasteiger partial charge on any atom is 0.315 e. The van der Waals surface area contributed by atoms with Gasteiger partial charge in [-0.05, 0) is 50.7 Å². The van der Waals surface area contributed by atoms with E-state index in [4.69, 9.17) is 0 Å². The van der Waals surface area contributed by atoms with Gasteiger partial charge in [-0.25, -0.2) is 4.79 Å². The Labute approximate surface area is 151 Å². The van der Waals surface area contributed by atoms with E-state index in [2.05, 4.69) is 60.6 Å². The quantitative estimate of drug-likeness (QED) is 0.741. The Morgan fingerprint density at radius 2 is 2.04 bits per heavy atom. The van der Waals surface area contributed by atoms with E-state index in [0.29, 0.717) is 13.0 Å². The van der Waals surface area contributed by atoms with Crippen molar-refractivity contribution >= 4 is 11.7 Å². The van der Waals surface area contributed by atoms with Crippen molar-refractivity contribution < 1.29 is 9.90 Å². The second kappa shape index (κ2) is 8.56. The zero-order valence-corrected chi connectivity index (χ0v) is 16.0. The second-order valence-electron chi connectivity index (χ2n) is 8.17. The van der Waals surface area contributed by atoms with E-state index < -0.39 is 0 Å². The maximum atomic E-state index is 12.2. The van der Waals surface area contributed by atoms with E-state index >= 15 is 0 Å². The lowest BCUT2D eigenvalue weighted by atomic mass is 9.87. The van der Waals surface area contributed by atoms with E-state index in [0.717, 1.165) is 25.9 Å². The standard InChI is InChI=1S/C20H33N3O2/c1-15-7-9-18(10-8-15)23-11-5-6-17(13-23)22-19(25)21-14-20(3,4)12-16(2)24/h7-10,16-17,24H,5-6,11-14H2,1-4H3,(H2,21,22,25). The predicted molar refractivity (Wildman–Crippen MR) is 103 cm³/mol. The Bertz CT molecular complexity index is 555. The number of amides is 2. The number of hydrogen-bond acceptors (Lipinski definition) is 3. The molecular formula is C20H33N3O2. The monoisotopic (exact) mass is 347 g/mol. The van der Waals surface area contributed by atoms with Gasteiger partial charge in [0.1, 0.15) is 0 Å². The van der Waals surface area contributed by atoms with Gasteiger partial charge < -0.3 is 20.6 Å². The number of aliphatic hydroxyl groups excluding tert-OH is 1. The van der Waals surface area contributed by atoms with Crippen LogP contribution in [0, 0.1) is 12.3 Å². The smallest absolute Gasteiger partial charge is 0.315 e. The third kappa shape index (κ3) is 6.58. The highest BCUT2D eigenvalue weighted by molar-refractivity contribution is 5.74. The molecular weight excluding hydrogens is 314 g/mol. The molecule has 0 aromatic heterocycles. The van der Waals surface area contributed by atoms with Gasteiger partial charge in [-0.2, -0.15) is 0 Å². The summed E-state index contributed by atoms with van der Waals surface area (Å²) in [5.74, 6) is 0. The van der Waals surface area contributed by atoms with E-state index in [1.165, 1.54) is 11.3 Å². The molecule has 140 valence electrons. The van der Waals surface area contributed by atoms with Crippen LogP contribution in [0.3, 0.4) is 0 Å². The lowest BCUT2D eigenvalue weighted by Gasteiger charge is -2.35. The van der Waals surface area contributed by atoms with Crippen molar-refractivity contribution in [3.8, 4) is 0 Å². The fourth-order valence-electron chi connectivity index (χ4n) is 3.51. The van der Waals surface area contributed by atoms with Crippen molar-refractivity contribution in [1.82, 2.24) is 10.6 Å². The van der Waals surface area contributed by atoms with Crippen LogP contribution in [0.2, 0.25) is 0 Å². The molecule has 1 heterocycles. The number of aryl methyl sites for hydroxylation is 1. The van der Waals surface area contributed by atoms with Gasteiger partial charge in [0.2, 0.25) is 0 Å². The van der Waals surface area contributed by atoms with Gasteiger partial charge in [0.25, 0.3) is 0 Å².